The van der Waals surface area contributed by atoms with Gasteiger partial charge in [-0.25, -0.2) is 4.68 Å². The van der Waals surface area contributed by atoms with Gasteiger partial charge in [-0.05, 0) is 24.3 Å². The lowest BCUT2D eigenvalue weighted by atomic mass is 10.0. The summed E-state index contributed by atoms with van der Waals surface area (Å²) in [6, 6.07) is 18.3. The van der Waals surface area contributed by atoms with E-state index in [1.54, 1.807) is 15.6 Å². The molecule has 168 valence electrons. The molecule has 1 aromatic heterocycles. The molecule has 0 aliphatic carbocycles. The van der Waals surface area contributed by atoms with Crippen LogP contribution in [0.4, 0.5) is 5.69 Å². The molecule has 6 rings (SSSR count). The monoisotopic (exact) mass is 516 g/mol. The first-order valence-electron chi connectivity index (χ1n) is 10.5. The van der Waals surface area contributed by atoms with Gasteiger partial charge in [-0.1, -0.05) is 52.3 Å². The highest BCUT2D eigenvalue weighted by atomic mass is 79.9. The van der Waals surface area contributed by atoms with Crippen molar-refractivity contribution in [2.24, 2.45) is 0 Å². The molecule has 1 atom stereocenters. The van der Waals surface area contributed by atoms with E-state index in [-0.39, 0.29) is 11.6 Å². The average Bonchev–Trinajstić information content (AvgIpc) is 3.16. The number of carbonyl (C=O) groups excluding carboxylic acids is 1. The molecule has 0 saturated carbocycles. The van der Waals surface area contributed by atoms with Crippen LogP contribution in [0.1, 0.15) is 22.1 Å². The van der Waals surface area contributed by atoms with Crippen LogP contribution in [0.25, 0.3) is 22.6 Å². The van der Waals surface area contributed by atoms with Crippen molar-refractivity contribution in [3.63, 3.8) is 0 Å². The zero-order valence-corrected chi connectivity index (χ0v) is 19.7. The van der Waals surface area contributed by atoms with Crippen molar-refractivity contribution in [3.05, 3.63) is 86.6 Å². The molecule has 0 saturated heterocycles. The van der Waals surface area contributed by atoms with E-state index in [1.165, 1.54) is 14.2 Å². The van der Waals surface area contributed by atoms with Crippen molar-refractivity contribution in [1.29, 1.82) is 0 Å². The van der Waals surface area contributed by atoms with Crippen molar-refractivity contribution >= 4 is 27.5 Å². The van der Waals surface area contributed by atoms with Gasteiger partial charge in [-0.15, -0.1) is 0 Å². The maximum Gasteiger partial charge on any atom is 0.300 e. The third kappa shape index (κ3) is 2.76. The van der Waals surface area contributed by atoms with Gasteiger partial charge in [-0.2, -0.15) is 10.1 Å². The summed E-state index contributed by atoms with van der Waals surface area (Å²) >= 11 is 3.49. The van der Waals surface area contributed by atoms with Gasteiger partial charge in [0, 0.05) is 21.2 Å². The lowest BCUT2D eigenvalue weighted by molar-refractivity contribution is 0.0983. The number of benzene rings is 3. The second-order valence-corrected chi connectivity index (χ2v) is 8.79. The summed E-state index contributed by atoms with van der Waals surface area (Å²) in [6.07, 6.45) is -0.637. The number of methoxy groups -OCH3 is 2. The van der Waals surface area contributed by atoms with Crippen LogP contribution in [0.3, 0.4) is 0 Å². The lowest BCUT2D eigenvalue weighted by Gasteiger charge is -2.34. The van der Waals surface area contributed by atoms with E-state index in [9.17, 15) is 9.59 Å². The van der Waals surface area contributed by atoms with Crippen LogP contribution in [0.5, 0.6) is 11.5 Å². The largest absolute Gasteiger partial charge is 0.493 e. The SMILES string of the molecule is COc1ccc2c(c1OC)C(=O)N1c3ccc(Br)cc3-c3nc(=O)c(-c4ccccc4)nn3[C@@H]21. The van der Waals surface area contributed by atoms with Crippen LogP contribution in [0.2, 0.25) is 0 Å². The number of anilines is 1. The Bertz CT molecular complexity index is 1550. The minimum absolute atomic E-state index is 0.212. The fraction of sp³-hybridized carbons (Fsp3) is 0.120. The number of hydrogen-bond donors (Lipinski definition) is 0. The Morgan fingerprint density at radius 2 is 1.76 bits per heavy atom. The van der Waals surface area contributed by atoms with E-state index in [1.807, 2.05) is 54.6 Å². The third-order valence-electron chi connectivity index (χ3n) is 6.11. The van der Waals surface area contributed by atoms with Crippen molar-refractivity contribution in [2.45, 2.75) is 6.17 Å². The van der Waals surface area contributed by atoms with Gasteiger partial charge >= 0.3 is 0 Å². The molecule has 0 N–H and O–H groups in total. The van der Waals surface area contributed by atoms with Crippen LogP contribution in [-0.2, 0) is 0 Å². The first-order valence-corrected chi connectivity index (χ1v) is 11.3. The number of amides is 1. The zero-order chi connectivity index (χ0) is 23.6. The number of nitrogens with zero attached hydrogens (tertiary/aromatic N) is 4. The van der Waals surface area contributed by atoms with E-state index in [0.29, 0.717) is 45.3 Å². The van der Waals surface area contributed by atoms with Crippen molar-refractivity contribution in [2.75, 3.05) is 19.1 Å². The van der Waals surface area contributed by atoms with Crippen LogP contribution in [0.15, 0.2) is 69.9 Å². The number of aromatic nitrogens is 3. The molecule has 2 aliphatic heterocycles. The second kappa shape index (κ2) is 7.53. The Morgan fingerprint density at radius 3 is 2.50 bits per heavy atom. The predicted octanol–water partition coefficient (Wildman–Crippen LogP) is 4.27. The van der Waals surface area contributed by atoms with E-state index < -0.39 is 11.7 Å². The Balaban J connectivity index is 1.69. The van der Waals surface area contributed by atoms with Crippen LogP contribution in [-0.4, -0.2) is 34.9 Å². The molecule has 3 heterocycles. The quantitative estimate of drug-likeness (QED) is 0.404. The zero-order valence-electron chi connectivity index (χ0n) is 18.2. The molecule has 0 radical (unpaired) electrons. The van der Waals surface area contributed by atoms with Gasteiger partial charge in [0.05, 0.1) is 25.5 Å². The summed E-state index contributed by atoms with van der Waals surface area (Å²) in [6.45, 7) is 0. The number of carbonyl (C=O) groups is 1. The van der Waals surface area contributed by atoms with Crippen LogP contribution in [0, 0.1) is 0 Å². The molecule has 3 aromatic carbocycles. The standard InChI is InChI=1S/C25H17BrN4O4/c1-33-18-11-9-15-19(21(18)34-2)25(32)29-17-10-8-14(26)12-16(17)22-27-23(31)20(28-30(22)24(15)29)13-6-4-3-5-7-13/h3-12,24H,1-2H3/t24-/m0/s1. The molecule has 1 amide bonds. The average molecular weight is 517 g/mol. The van der Waals surface area contributed by atoms with Gasteiger partial charge in [-0.3, -0.25) is 14.5 Å². The Labute approximate surface area is 202 Å². The molecule has 0 fully saturated rings. The lowest BCUT2D eigenvalue weighted by Crippen LogP contribution is -2.39. The van der Waals surface area contributed by atoms with Crippen LogP contribution >= 0.6 is 15.9 Å². The summed E-state index contributed by atoms with van der Waals surface area (Å²) in [5.41, 5.74) is 2.78. The van der Waals surface area contributed by atoms with Gasteiger partial charge < -0.3 is 9.47 Å². The van der Waals surface area contributed by atoms with E-state index >= 15 is 0 Å². The highest BCUT2D eigenvalue weighted by Gasteiger charge is 2.47. The normalized spacial score (nSPS) is 15.3. The smallest absolute Gasteiger partial charge is 0.300 e. The summed E-state index contributed by atoms with van der Waals surface area (Å²) in [5, 5.41) is 4.75. The maximum absolute atomic E-state index is 13.8. The second-order valence-electron chi connectivity index (χ2n) is 7.88. The summed E-state index contributed by atoms with van der Waals surface area (Å²) in [4.78, 5) is 33.0. The third-order valence-corrected chi connectivity index (χ3v) is 6.60. The molecule has 34 heavy (non-hydrogen) atoms. The van der Waals surface area contributed by atoms with Crippen molar-refractivity contribution < 1.29 is 14.3 Å². The summed E-state index contributed by atoms with van der Waals surface area (Å²) in [7, 11) is 3.03. The highest BCUT2D eigenvalue weighted by molar-refractivity contribution is 9.10. The van der Waals surface area contributed by atoms with Gasteiger partial charge in [0.1, 0.15) is 0 Å². The number of rotatable bonds is 3. The Hall–Kier alpha value is -3.98. The molecule has 9 heteroatoms. The molecule has 4 aromatic rings. The van der Waals surface area contributed by atoms with Gasteiger partial charge in [0.15, 0.2) is 29.2 Å². The Kier molecular flexibility index (Phi) is 4.56. The summed E-state index contributed by atoms with van der Waals surface area (Å²) in [5.74, 6) is 0.961. The topological polar surface area (TPSA) is 86.6 Å². The number of ether oxygens (including phenoxy) is 2. The van der Waals surface area contributed by atoms with E-state index in [2.05, 4.69) is 20.9 Å². The van der Waals surface area contributed by atoms with Gasteiger partial charge in [0.25, 0.3) is 11.5 Å². The fourth-order valence-corrected chi connectivity index (χ4v) is 5.02. The van der Waals surface area contributed by atoms with Gasteiger partial charge in [0.2, 0.25) is 0 Å². The molecule has 2 aliphatic rings. The Morgan fingerprint density at radius 1 is 0.971 bits per heavy atom. The first kappa shape index (κ1) is 20.6. The number of hydrogen-bond acceptors (Lipinski definition) is 6. The maximum atomic E-state index is 13.8. The van der Waals surface area contributed by atoms with E-state index in [4.69, 9.17) is 14.6 Å². The van der Waals surface area contributed by atoms with Crippen molar-refractivity contribution in [1.82, 2.24) is 14.8 Å². The fourth-order valence-electron chi connectivity index (χ4n) is 4.66. The molecular weight excluding hydrogens is 500 g/mol. The van der Waals surface area contributed by atoms with E-state index in [0.717, 1.165) is 4.47 Å². The molecule has 0 spiro atoms. The minimum Gasteiger partial charge on any atom is -0.493 e. The molecule has 0 unspecified atom stereocenters. The first-order chi connectivity index (χ1) is 16.5. The minimum atomic E-state index is -0.637. The highest BCUT2D eigenvalue weighted by Crippen LogP contribution is 2.50. The molecule has 0 bridgehead atoms. The molecular formula is C25H17BrN4O4. The van der Waals surface area contributed by atoms with Crippen LogP contribution < -0.4 is 19.9 Å². The molecule has 8 nitrogen and oxygen atoms in total. The number of fused-ring (bicyclic) bond motifs is 8. The number of halogens is 1. The van der Waals surface area contributed by atoms with Crippen molar-refractivity contribution in [3.8, 4) is 34.1 Å². The summed E-state index contributed by atoms with van der Waals surface area (Å²) < 4.78 is 13.5. The predicted molar refractivity (Wildman–Crippen MR) is 129 cm³/mol.